The van der Waals surface area contributed by atoms with Crippen molar-refractivity contribution >= 4 is 41.3 Å². The van der Waals surface area contributed by atoms with E-state index < -0.39 is 0 Å². The average Bonchev–Trinajstić information content (AvgIpc) is 3.24. The number of methoxy groups -OCH3 is 1. The van der Waals surface area contributed by atoms with Crippen molar-refractivity contribution in [1.82, 2.24) is 30.4 Å². The smallest absolute Gasteiger partial charge is 0.191 e. The predicted molar refractivity (Wildman–Crippen MR) is 122 cm³/mol. The molecule has 0 saturated heterocycles. The molecule has 0 spiro atoms. The van der Waals surface area contributed by atoms with Gasteiger partial charge in [-0.05, 0) is 6.42 Å². The van der Waals surface area contributed by atoms with Crippen LogP contribution in [-0.2, 0) is 36.3 Å². The molecule has 10 heteroatoms. The third-order valence-electron chi connectivity index (χ3n) is 4.47. The maximum Gasteiger partial charge on any atom is 0.191 e. The highest BCUT2D eigenvalue weighted by Gasteiger charge is 2.22. The molecule has 156 valence electrons. The number of guanidine groups is 1. The monoisotopic (exact) mass is 519 g/mol. The molecule has 0 radical (unpaired) electrons. The van der Waals surface area contributed by atoms with Crippen LogP contribution < -0.4 is 10.6 Å². The van der Waals surface area contributed by atoms with Crippen molar-refractivity contribution in [3.8, 4) is 0 Å². The lowest BCUT2D eigenvalue weighted by molar-refractivity contribution is 0.177. The van der Waals surface area contributed by atoms with Crippen LogP contribution in [0.15, 0.2) is 10.4 Å². The minimum Gasteiger partial charge on any atom is -0.377 e. The topological polar surface area (TPSA) is 89.2 Å². The van der Waals surface area contributed by atoms with Gasteiger partial charge in [0.05, 0.1) is 18.8 Å². The standard InChI is InChI=1S/C18H29N7OS.HI/c1-18(2,3)13-11-27-16(22-13)8-20-17(19-4)21-12-6-7-15-23-14(10-26-5)24-25(15)9-12;/h11-12H,6-10H2,1-5H3,(H2,19,20,21);1H. The van der Waals surface area contributed by atoms with E-state index in [-0.39, 0.29) is 35.4 Å². The Labute approximate surface area is 187 Å². The Kier molecular flexibility index (Phi) is 8.19. The third-order valence-corrected chi connectivity index (χ3v) is 5.32. The van der Waals surface area contributed by atoms with Crippen LogP contribution in [0, 0.1) is 0 Å². The predicted octanol–water partition coefficient (Wildman–Crippen LogP) is 2.48. The summed E-state index contributed by atoms with van der Waals surface area (Å²) < 4.78 is 7.09. The first-order valence-electron chi connectivity index (χ1n) is 9.22. The van der Waals surface area contributed by atoms with Crippen molar-refractivity contribution in [3.63, 3.8) is 0 Å². The molecular formula is C18H30IN7OS. The minimum absolute atomic E-state index is 0. The first kappa shape index (κ1) is 23.0. The molecule has 3 heterocycles. The molecule has 1 aliphatic rings. The van der Waals surface area contributed by atoms with Gasteiger partial charge in [0.2, 0.25) is 0 Å². The Morgan fingerprint density at radius 3 is 2.82 bits per heavy atom. The molecule has 8 nitrogen and oxygen atoms in total. The normalized spacial score (nSPS) is 17.0. The fourth-order valence-electron chi connectivity index (χ4n) is 2.95. The largest absolute Gasteiger partial charge is 0.377 e. The molecule has 0 fully saturated rings. The van der Waals surface area contributed by atoms with Gasteiger partial charge in [0.15, 0.2) is 11.8 Å². The zero-order chi connectivity index (χ0) is 19.4. The number of hydrogen-bond donors (Lipinski definition) is 2. The Morgan fingerprint density at radius 2 is 2.18 bits per heavy atom. The van der Waals surface area contributed by atoms with Crippen LogP contribution in [0.3, 0.4) is 0 Å². The van der Waals surface area contributed by atoms with Crippen molar-refractivity contribution < 1.29 is 4.74 Å². The highest BCUT2D eigenvalue weighted by atomic mass is 127. The van der Waals surface area contributed by atoms with Crippen LogP contribution in [0.4, 0.5) is 0 Å². The lowest BCUT2D eigenvalue weighted by Gasteiger charge is -2.25. The Hall–Kier alpha value is -1.27. The van der Waals surface area contributed by atoms with Crippen LogP contribution in [-0.4, -0.2) is 45.9 Å². The molecule has 2 aromatic heterocycles. The van der Waals surface area contributed by atoms with E-state index in [1.165, 1.54) is 0 Å². The van der Waals surface area contributed by atoms with E-state index >= 15 is 0 Å². The molecule has 3 rings (SSSR count). The maximum absolute atomic E-state index is 5.12. The van der Waals surface area contributed by atoms with Crippen LogP contribution in [0.1, 0.15) is 49.5 Å². The SMILES string of the molecule is CN=C(NCc1nc(C(C)(C)C)cs1)NC1CCc2nc(COC)nn2C1.I. The lowest BCUT2D eigenvalue weighted by atomic mass is 9.93. The molecular weight excluding hydrogens is 489 g/mol. The van der Waals surface area contributed by atoms with Gasteiger partial charge in [0.25, 0.3) is 0 Å². The number of rotatable bonds is 5. The number of nitrogens with zero attached hydrogens (tertiary/aromatic N) is 5. The number of aryl methyl sites for hydroxylation is 1. The molecule has 0 aliphatic carbocycles. The summed E-state index contributed by atoms with van der Waals surface area (Å²) in [6.07, 6.45) is 1.89. The molecule has 28 heavy (non-hydrogen) atoms. The first-order chi connectivity index (χ1) is 12.9. The van der Waals surface area contributed by atoms with E-state index in [2.05, 4.69) is 51.9 Å². The Morgan fingerprint density at radius 1 is 1.39 bits per heavy atom. The highest BCUT2D eigenvalue weighted by Crippen LogP contribution is 2.23. The number of fused-ring (bicyclic) bond motifs is 1. The summed E-state index contributed by atoms with van der Waals surface area (Å²) in [6.45, 7) is 8.43. The van der Waals surface area contributed by atoms with Crippen molar-refractivity contribution in [2.75, 3.05) is 14.2 Å². The molecule has 0 saturated carbocycles. The number of ether oxygens (including phenoxy) is 1. The summed E-state index contributed by atoms with van der Waals surface area (Å²) in [7, 11) is 3.45. The van der Waals surface area contributed by atoms with Gasteiger partial charge in [-0.25, -0.2) is 14.6 Å². The molecule has 2 aromatic rings. The van der Waals surface area contributed by atoms with E-state index in [0.29, 0.717) is 13.2 Å². The van der Waals surface area contributed by atoms with Gasteiger partial charge in [0, 0.05) is 37.4 Å². The van der Waals surface area contributed by atoms with E-state index in [9.17, 15) is 0 Å². The van der Waals surface area contributed by atoms with Crippen LogP contribution in [0.5, 0.6) is 0 Å². The van der Waals surface area contributed by atoms with Gasteiger partial charge in [0.1, 0.15) is 17.4 Å². The average molecular weight is 519 g/mol. The fourth-order valence-corrected chi connectivity index (χ4v) is 3.91. The molecule has 0 bridgehead atoms. The number of thiazole rings is 1. The fraction of sp³-hybridized carbons (Fsp3) is 0.667. The van der Waals surface area contributed by atoms with Crippen molar-refractivity contribution in [2.24, 2.45) is 4.99 Å². The Balaban J connectivity index is 0.00000280. The summed E-state index contributed by atoms with van der Waals surface area (Å²) in [6, 6.07) is 0.266. The molecule has 2 N–H and O–H groups in total. The molecule has 0 aromatic carbocycles. The van der Waals surface area contributed by atoms with Gasteiger partial charge >= 0.3 is 0 Å². The van der Waals surface area contributed by atoms with Crippen LogP contribution >= 0.6 is 35.3 Å². The molecule has 1 aliphatic heterocycles. The second-order valence-electron chi connectivity index (χ2n) is 7.74. The zero-order valence-electron chi connectivity index (χ0n) is 17.2. The van der Waals surface area contributed by atoms with Gasteiger partial charge in [-0.3, -0.25) is 4.99 Å². The summed E-state index contributed by atoms with van der Waals surface area (Å²) >= 11 is 1.68. The first-order valence-corrected chi connectivity index (χ1v) is 10.1. The van der Waals surface area contributed by atoms with Crippen LogP contribution in [0.25, 0.3) is 0 Å². The van der Waals surface area contributed by atoms with Crippen molar-refractivity contribution in [2.45, 2.75) is 64.8 Å². The Bertz CT molecular complexity index is 796. The van der Waals surface area contributed by atoms with E-state index in [0.717, 1.165) is 47.7 Å². The summed E-state index contributed by atoms with van der Waals surface area (Å²) in [4.78, 5) is 13.6. The number of aromatic nitrogens is 4. The summed E-state index contributed by atoms with van der Waals surface area (Å²) in [5, 5.41) is 14.6. The second-order valence-corrected chi connectivity index (χ2v) is 8.68. The zero-order valence-corrected chi connectivity index (χ0v) is 20.3. The third kappa shape index (κ3) is 5.86. The van der Waals surface area contributed by atoms with Gasteiger partial charge < -0.3 is 15.4 Å². The molecule has 1 unspecified atom stereocenters. The van der Waals surface area contributed by atoms with E-state index in [1.54, 1.807) is 25.5 Å². The number of hydrogen-bond acceptors (Lipinski definition) is 6. The number of halogens is 1. The molecule has 0 amide bonds. The van der Waals surface area contributed by atoms with Crippen molar-refractivity contribution in [3.05, 3.63) is 27.7 Å². The summed E-state index contributed by atoms with van der Waals surface area (Å²) in [5.74, 6) is 2.56. The van der Waals surface area contributed by atoms with Gasteiger partial charge in [-0.2, -0.15) is 5.10 Å². The van der Waals surface area contributed by atoms with Crippen LogP contribution in [0.2, 0.25) is 0 Å². The van der Waals surface area contributed by atoms with E-state index in [4.69, 9.17) is 9.72 Å². The van der Waals surface area contributed by atoms with Crippen molar-refractivity contribution in [1.29, 1.82) is 0 Å². The maximum atomic E-state index is 5.12. The number of aliphatic imine (C=N–C) groups is 1. The minimum atomic E-state index is 0. The highest BCUT2D eigenvalue weighted by molar-refractivity contribution is 14.0. The quantitative estimate of drug-likeness (QED) is 0.359. The second kappa shape index (κ2) is 9.97. The number of nitrogens with one attached hydrogen (secondary N) is 2. The molecule has 1 atom stereocenters. The van der Waals surface area contributed by atoms with E-state index in [1.807, 2.05) is 4.68 Å². The van der Waals surface area contributed by atoms with Gasteiger partial charge in [-0.1, -0.05) is 20.8 Å². The van der Waals surface area contributed by atoms with Gasteiger partial charge in [-0.15, -0.1) is 35.3 Å². The summed E-state index contributed by atoms with van der Waals surface area (Å²) in [5.41, 5.74) is 1.21. The lowest BCUT2D eigenvalue weighted by Crippen LogP contribution is -2.46.